The van der Waals surface area contributed by atoms with Crippen molar-refractivity contribution in [1.29, 1.82) is 0 Å². The van der Waals surface area contributed by atoms with Crippen LogP contribution in [0, 0.1) is 22.8 Å². The van der Waals surface area contributed by atoms with Crippen molar-refractivity contribution in [2.45, 2.75) is 6.42 Å². The molecule has 0 N–H and O–H groups in total. The van der Waals surface area contributed by atoms with Gasteiger partial charge in [0.15, 0.2) is 0 Å². The van der Waals surface area contributed by atoms with Crippen LogP contribution in [0.2, 0.25) is 0 Å². The summed E-state index contributed by atoms with van der Waals surface area (Å²) in [6.45, 7) is 0. The van der Waals surface area contributed by atoms with E-state index >= 15 is 0 Å². The summed E-state index contributed by atoms with van der Waals surface area (Å²) in [5.41, 5.74) is 1.43. The quantitative estimate of drug-likeness (QED) is 0.776. The predicted octanol–water partition coefficient (Wildman–Crippen LogP) is 2.97. The Morgan fingerprint density at radius 1 is 0.870 bits per heavy atom. The molecule has 120 valence electrons. The van der Waals surface area contributed by atoms with Crippen molar-refractivity contribution < 1.29 is 17.2 Å². The largest absolute Gasteiger partial charge is 0.259 e. The van der Waals surface area contributed by atoms with Gasteiger partial charge in [-0.15, -0.1) is 0 Å². The third kappa shape index (κ3) is 6.43. The van der Waals surface area contributed by atoms with Crippen LogP contribution in [-0.2, 0) is 28.0 Å². The molecule has 0 bridgehead atoms. The minimum Gasteiger partial charge on any atom is -0.259 e. The minimum absolute atomic E-state index is 0.0324. The number of aryl methyl sites for hydroxylation is 1. The second-order valence-corrected chi connectivity index (χ2v) is 7.84. The van der Waals surface area contributed by atoms with E-state index in [1.807, 2.05) is 0 Å². The van der Waals surface area contributed by atoms with Crippen molar-refractivity contribution in [2.75, 3.05) is 10.8 Å². The van der Waals surface area contributed by atoms with E-state index in [2.05, 4.69) is 11.2 Å². The van der Waals surface area contributed by atoms with Crippen LogP contribution in [0.25, 0.3) is 0 Å². The molecule has 0 aliphatic heterocycles. The molecule has 0 aromatic heterocycles. The van der Waals surface area contributed by atoms with Gasteiger partial charge in [0.05, 0.1) is 0 Å². The fourth-order valence-electron chi connectivity index (χ4n) is 1.74. The Bertz CT molecular complexity index is 760. The van der Waals surface area contributed by atoms with Gasteiger partial charge in [0.25, 0.3) is 0 Å². The molecule has 2 nitrogen and oxygen atoms in total. The van der Waals surface area contributed by atoms with Crippen molar-refractivity contribution in [2.24, 2.45) is 0 Å². The highest BCUT2D eigenvalue weighted by Crippen LogP contribution is 2.05. The van der Waals surface area contributed by atoms with Gasteiger partial charge in [-0.25, -0.2) is 13.0 Å². The number of benzene rings is 2. The molecule has 2 aromatic rings. The summed E-state index contributed by atoms with van der Waals surface area (Å²) in [5.74, 6) is 2.33. The van der Waals surface area contributed by atoms with Gasteiger partial charge in [-0.05, 0) is 48.4 Å². The molecule has 2 rings (SSSR count). The molecule has 0 spiro atoms. The molecule has 2 unspecified atom stereocenters. The highest BCUT2D eigenvalue weighted by atomic mass is 32.2. The van der Waals surface area contributed by atoms with Gasteiger partial charge in [-0.3, -0.25) is 4.21 Å². The number of hydrogen-bond acceptors (Lipinski definition) is 2. The summed E-state index contributed by atoms with van der Waals surface area (Å²) in [6, 6.07) is 11.5. The van der Waals surface area contributed by atoms with E-state index < -0.39 is 21.6 Å². The molecule has 0 saturated carbocycles. The lowest BCUT2D eigenvalue weighted by molar-refractivity contribution is 0.627. The maximum Gasteiger partial charge on any atom is 0.123 e. The van der Waals surface area contributed by atoms with Crippen molar-refractivity contribution in [3.63, 3.8) is 0 Å². The third-order valence-corrected chi connectivity index (χ3v) is 5.82. The average molecular weight is 352 g/mol. The summed E-state index contributed by atoms with van der Waals surface area (Å²) in [6.07, 6.45) is 0.523. The lowest BCUT2D eigenvalue weighted by atomic mass is 10.2. The Kier molecular flexibility index (Phi) is 6.63. The van der Waals surface area contributed by atoms with E-state index in [1.165, 1.54) is 36.4 Å². The smallest absolute Gasteiger partial charge is 0.123 e. The van der Waals surface area contributed by atoms with Crippen molar-refractivity contribution in [3.8, 4) is 11.2 Å². The normalized spacial score (nSPS) is 13.0. The van der Waals surface area contributed by atoms with Crippen LogP contribution in [0.3, 0.4) is 0 Å². The molecule has 0 aliphatic rings. The summed E-state index contributed by atoms with van der Waals surface area (Å²) in [5, 5.41) is 2.48. The van der Waals surface area contributed by atoms with Crippen LogP contribution in [0.5, 0.6) is 0 Å². The van der Waals surface area contributed by atoms with Gasteiger partial charge < -0.3 is 0 Å². The lowest BCUT2D eigenvalue weighted by Crippen LogP contribution is -2.08. The minimum atomic E-state index is -1.53. The molecule has 0 radical (unpaired) electrons. The average Bonchev–Trinajstić information content (AvgIpc) is 2.54. The first-order valence-electron chi connectivity index (χ1n) is 6.78. The van der Waals surface area contributed by atoms with Crippen LogP contribution in [0.15, 0.2) is 48.5 Å². The highest BCUT2D eigenvalue weighted by molar-refractivity contribution is 8.04. The summed E-state index contributed by atoms with van der Waals surface area (Å²) in [4.78, 5) is 0. The summed E-state index contributed by atoms with van der Waals surface area (Å²) in [7, 11) is -2.81. The van der Waals surface area contributed by atoms with Crippen LogP contribution >= 0.6 is 0 Å². The summed E-state index contributed by atoms with van der Waals surface area (Å²) >= 11 is 0. The molecule has 0 aliphatic carbocycles. The van der Waals surface area contributed by atoms with E-state index in [0.29, 0.717) is 17.7 Å². The molecule has 0 amide bonds. The van der Waals surface area contributed by atoms with Gasteiger partial charge in [0.1, 0.15) is 27.5 Å². The fraction of sp³-hybridized carbons (Fsp3) is 0.176. The molecule has 6 heteroatoms. The zero-order valence-corrected chi connectivity index (χ0v) is 13.8. The SMILES string of the molecule is O=S(C#Cc1ccc(F)cc1)CS(=O)CCc1ccc(F)cc1. The molecule has 0 saturated heterocycles. The highest BCUT2D eigenvalue weighted by Gasteiger charge is 2.05. The van der Waals surface area contributed by atoms with Crippen molar-refractivity contribution in [1.82, 2.24) is 0 Å². The lowest BCUT2D eigenvalue weighted by Gasteiger charge is -2.01. The standard InChI is InChI=1S/C17H14F2O2S2/c18-16-5-1-14(2-6-16)9-11-22(20)13-23(21)12-10-15-3-7-17(19)8-4-15/h1-8H,9,11,13H2. The Labute approximate surface area is 138 Å². The van der Waals surface area contributed by atoms with E-state index in [9.17, 15) is 17.2 Å². The first-order valence-corrected chi connectivity index (χ1v) is 9.58. The van der Waals surface area contributed by atoms with Gasteiger partial charge in [-0.2, -0.15) is 0 Å². The third-order valence-electron chi connectivity index (χ3n) is 2.92. The second-order valence-electron chi connectivity index (χ2n) is 4.72. The zero-order chi connectivity index (χ0) is 16.7. The second kappa shape index (κ2) is 8.70. The maximum absolute atomic E-state index is 12.8. The molecular weight excluding hydrogens is 338 g/mol. The number of rotatable bonds is 5. The van der Waals surface area contributed by atoms with E-state index in [1.54, 1.807) is 12.1 Å². The van der Waals surface area contributed by atoms with Crippen LogP contribution in [0.1, 0.15) is 11.1 Å². The molecule has 23 heavy (non-hydrogen) atoms. The monoisotopic (exact) mass is 352 g/mol. The zero-order valence-electron chi connectivity index (χ0n) is 12.1. The van der Waals surface area contributed by atoms with Crippen LogP contribution in [-0.4, -0.2) is 19.3 Å². The van der Waals surface area contributed by atoms with Crippen LogP contribution < -0.4 is 0 Å². The number of halogens is 2. The van der Waals surface area contributed by atoms with Gasteiger partial charge >= 0.3 is 0 Å². The first-order chi connectivity index (χ1) is 11.0. The predicted molar refractivity (Wildman–Crippen MR) is 89.4 cm³/mol. The Hall–Kier alpha value is -1.84. The molecule has 0 heterocycles. The molecule has 0 fully saturated rings. The van der Waals surface area contributed by atoms with E-state index in [4.69, 9.17) is 0 Å². The summed E-state index contributed by atoms with van der Waals surface area (Å²) < 4.78 is 49.2. The van der Waals surface area contributed by atoms with E-state index in [-0.39, 0.29) is 16.7 Å². The van der Waals surface area contributed by atoms with Crippen molar-refractivity contribution in [3.05, 3.63) is 71.3 Å². The van der Waals surface area contributed by atoms with E-state index in [0.717, 1.165) is 5.56 Å². The Morgan fingerprint density at radius 3 is 2.04 bits per heavy atom. The van der Waals surface area contributed by atoms with Crippen molar-refractivity contribution >= 4 is 21.6 Å². The molecule has 2 atom stereocenters. The topological polar surface area (TPSA) is 34.1 Å². The van der Waals surface area contributed by atoms with Gasteiger partial charge in [-0.1, -0.05) is 18.1 Å². The molecule has 2 aromatic carbocycles. The van der Waals surface area contributed by atoms with Crippen LogP contribution in [0.4, 0.5) is 8.78 Å². The number of hydrogen-bond donors (Lipinski definition) is 0. The Balaban J connectivity index is 1.82. The Morgan fingerprint density at radius 2 is 1.43 bits per heavy atom. The fourth-order valence-corrected chi connectivity index (χ4v) is 4.10. The van der Waals surface area contributed by atoms with Gasteiger partial charge in [0, 0.05) is 27.4 Å². The maximum atomic E-state index is 12.8. The first kappa shape index (κ1) is 17.5. The molecular formula is C17H14F2O2S2. The van der Waals surface area contributed by atoms with Gasteiger partial charge in [0.2, 0.25) is 0 Å².